The minimum Gasteiger partial charge on any atom is -0.394 e. The van der Waals surface area contributed by atoms with Crippen LogP contribution in [0.4, 0.5) is 0 Å². The van der Waals surface area contributed by atoms with Crippen LogP contribution in [0.1, 0.15) is 40.0 Å². The van der Waals surface area contributed by atoms with E-state index < -0.39 is 43.8 Å². The molecule has 0 bridgehead atoms. The summed E-state index contributed by atoms with van der Waals surface area (Å²) in [6.07, 6.45) is -1.58. The largest absolute Gasteiger partial charge is 0.394 e. The molecule has 1 rings (SSSR count). The fourth-order valence-electron chi connectivity index (χ4n) is 2.34. The van der Waals surface area contributed by atoms with Gasteiger partial charge in [-0.3, -0.25) is 4.57 Å². The van der Waals surface area contributed by atoms with Crippen molar-refractivity contribution in [3.8, 4) is 0 Å². The fraction of sp³-hybridized carbons (Fsp3) is 1.00. The molecular formula is C15H31O8P. The molecule has 0 aromatic carbocycles. The van der Waals surface area contributed by atoms with Crippen LogP contribution in [-0.2, 0) is 18.6 Å². The zero-order valence-corrected chi connectivity index (χ0v) is 15.5. The zero-order valence-electron chi connectivity index (χ0n) is 14.6. The molecule has 6 unspecified atom stereocenters. The Kier molecular flexibility index (Phi) is 9.33. The van der Waals surface area contributed by atoms with Gasteiger partial charge in [-0.25, -0.2) is 0 Å². The van der Waals surface area contributed by atoms with Gasteiger partial charge in [0.25, 0.3) is 0 Å². The third-order valence-electron chi connectivity index (χ3n) is 4.19. The molecule has 9 heteroatoms. The molecule has 1 heterocycles. The predicted molar refractivity (Wildman–Crippen MR) is 87.6 cm³/mol. The highest BCUT2D eigenvalue weighted by Gasteiger charge is 2.42. The van der Waals surface area contributed by atoms with E-state index in [-0.39, 0.29) is 13.2 Å². The number of ether oxygens (including phenoxy) is 2. The van der Waals surface area contributed by atoms with Gasteiger partial charge in [0.1, 0.15) is 12.2 Å². The summed E-state index contributed by atoms with van der Waals surface area (Å²) in [4.78, 5) is 9.52. The second kappa shape index (κ2) is 10.2. The van der Waals surface area contributed by atoms with Crippen molar-refractivity contribution in [3.63, 3.8) is 0 Å². The average molecular weight is 370 g/mol. The van der Waals surface area contributed by atoms with Crippen molar-refractivity contribution in [2.75, 3.05) is 19.8 Å². The lowest BCUT2D eigenvalue weighted by molar-refractivity contribution is -0.282. The molecule has 1 aliphatic heterocycles. The van der Waals surface area contributed by atoms with Gasteiger partial charge in [-0.15, -0.1) is 0 Å². The van der Waals surface area contributed by atoms with Crippen LogP contribution in [0.15, 0.2) is 0 Å². The topological polar surface area (TPSA) is 126 Å². The molecule has 0 saturated carbocycles. The Labute approximate surface area is 143 Å². The highest BCUT2D eigenvalue weighted by molar-refractivity contribution is 7.53. The normalized spacial score (nSPS) is 33.6. The van der Waals surface area contributed by atoms with E-state index in [9.17, 15) is 19.7 Å². The molecular weight excluding hydrogens is 339 g/mol. The maximum absolute atomic E-state index is 11.6. The minimum atomic E-state index is -3.50. The van der Waals surface area contributed by atoms with Crippen LogP contribution in [-0.4, -0.2) is 70.3 Å². The number of hydrogen-bond donors (Lipinski definition) is 4. The molecule has 1 saturated heterocycles. The Hall–Kier alpha value is -0.0500. The molecule has 4 N–H and O–H groups in total. The summed E-state index contributed by atoms with van der Waals surface area (Å²) in [7, 11) is -3.50. The van der Waals surface area contributed by atoms with Crippen LogP contribution in [0.2, 0.25) is 0 Å². The second-order valence-corrected chi connectivity index (χ2v) is 8.91. The van der Waals surface area contributed by atoms with Gasteiger partial charge in [-0.2, -0.15) is 0 Å². The van der Waals surface area contributed by atoms with Crippen molar-refractivity contribution in [2.24, 2.45) is 5.92 Å². The molecule has 1 fully saturated rings. The lowest BCUT2D eigenvalue weighted by Gasteiger charge is -2.40. The first-order valence-corrected chi connectivity index (χ1v) is 10.1. The van der Waals surface area contributed by atoms with Crippen LogP contribution in [0.3, 0.4) is 0 Å². The molecule has 0 aromatic heterocycles. The van der Waals surface area contributed by atoms with E-state index in [0.29, 0.717) is 19.4 Å². The molecule has 0 amide bonds. The summed E-state index contributed by atoms with van der Waals surface area (Å²) in [6, 6.07) is 0. The van der Waals surface area contributed by atoms with Gasteiger partial charge < -0.3 is 34.2 Å². The molecule has 1 aliphatic rings. The monoisotopic (exact) mass is 370 g/mol. The SMILES string of the molecule is CC1C(OCCCCCOP(=O)(O)C(C)C)OC(CO)C(O)C1O. The molecule has 0 spiro atoms. The van der Waals surface area contributed by atoms with Crippen LogP contribution in [0.25, 0.3) is 0 Å². The van der Waals surface area contributed by atoms with Gasteiger partial charge in [0, 0.05) is 12.5 Å². The Morgan fingerprint density at radius 3 is 2.33 bits per heavy atom. The van der Waals surface area contributed by atoms with E-state index in [1.165, 1.54) is 0 Å². The van der Waals surface area contributed by atoms with Crippen LogP contribution < -0.4 is 0 Å². The van der Waals surface area contributed by atoms with Gasteiger partial charge in [0.15, 0.2) is 6.29 Å². The van der Waals surface area contributed by atoms with Crippen molar-refractivity contribution in [1.29, 1.82) is 0 Å². The van der Waals surface area contributed by atoms with E-state index in [1.807, 2.05) is 0 Å². The Morgan fingerprint density at radius 2 is 1.75 bits per heavy atom. The number of unbranched alkanes of at least 4 members (excludes halogenated alkanes) is 2. The molecule has 6 atom stereocenters. The van der Waals surface area contributed by atoms with Crippen molar-refractivity contribution in [2.45, 2.75) is 70.3 Å². The van der Waals surface area contributed by atoms with Crippen molar-refractivity contribution in [3.05, 3.63) is 0 Å². The molecule has 0 radical (unpaired) electrons. The van der Waals surface area contributed by atoms with Crippen LogP contribution in [0, 0.1) is 5.92 Å². The Balaban J connectivity index is 2.20. The van der Waals surface area contributed by atoms with E-state index in [1.54, 1.807) is 20.8 Å². The third-order valence-corrected chi connectivity index (χ3v) is 6.04. The Bertz CT molecular complexity index is 403. The van der Waals surface area contributed by atoms with Crippen molar-refractivity contribution in [1.82, 2.24) is 0 Å². The standard InChI is InChI=1S/C15H31O8P/c1-10(2)24(19,20)22-8-6-4-5-7-21-15-11(3)13(17)14(18)12(9-16)23-15/h10-18H,4-9H2,1-3H3,(H,19,20). The van der Waals surface area contributed by atoms with E-state index >= 15 is 0 Å². The van der Waals surface area contributed by atoms with Gasteiger partial charge in [0.2, 0.25) is 0 Å². The van der Waals surface area contributed by atoms with E-state index in [4.69, 9.17) is 19.1 Å². The van der Waals surface area contributed by atoms with Crippen LogP contribution in [0.5, 0.6) is 0 Å². The number of aliphatic hydroxyl groups excluding tert-OH is 3. The predicted octanol–water partition coefficient (Wildman–Crippen LogP) is 0.859. The zero-order chi connectivity index (χ0) is 18.3. The minimum absolute atomic E-state index is 0.222. The summed E-state index contributed by atoms with van der Waals surface area (Å²) in [5, 5.41) is 28.8. The second-order valence-electron chi connectivity index (χ2n) is 6.49. The molecule has 0 aliphatic carbocycles. The first kappa shape index (κ1) is 22.0. The average Bonchev–Trinajstić information content (AvgIpc) is 2.53. The van der Waals surface area contributed by atoms with Gasteiger partial charge in [-0.05, 0) is 19.3 Å². The number of hydrogen-bond acceptors (Lipinski definition) is 7. The molecule has 24 heavy (non-hydrogen) atoms. The fourth-order valence-corrected chi connectivity index (χ4v) is 3.02. The van der Waals surface area contributed by atoms with Crippen molar-refractivity contribution >= 4 is 7.60 Å². The maximum atomic E-state index is 11.6. The smallest absolute Gasteiger partial charge is 0.330 e. The van der Waals surface area contributed by atoms with Crippen molar-refractivity contribution < 1.29 is 38.8 Å². The van der Waals surface area contributed by atoms with Gasteiger partial charge in [0.05, 0.1) is 25.0 Å². The number of rotatable bonds is 10. The summed E-state index contributed by atoms with van der Waals surface area (Å²) in [5.41, 5.74) is -0.410. The molecule has 0 aromatic rings. The first-order valence-electron chi connectivity index (χ1n) is 8.41. The highest BCUT2D eigenvalue weighted by atomic mass is 31.2. The molecule has 144 valence electrons. The first-order chi connectivity index (χ1) is 11.2. The molecule has 8 nitrogen and oxygen atoms in total. The third kappa shape index (κ3) is 6.35. The summed E-state index contributed by atoms with van der Waals surface area (Å²) in [5.74, 6) is -0.405. The Morgan fingerprint density at radius 1 is 1.12 bits per heavy atom. The van der Waals surface area contributed by atoms with E-state index in [2.05, 4.69) is 0 Å². The van der Waals surface area contributed by atoms with Crippen LogP contribution >= 0.6 is 7.60 Å². The van der Waals surface area contributed by atoms with Gasteiger partial charge in [-0.1, -0.05) is 20.8 Å². The van der Waals surface area contributed by atoms with Gasteiger partial charge >= 0.3 is 7.60 Å². The number of aliphatic hydroxyl groups is 3. The highest BCUT2D eigenvalue weighted by Crippen LogP contribution is 2.47. The lowest BCUT2D eigenvalue weighted by atomic mass is 9.92. The van der Waals surface area contributed by atoms with E-state index in [0.717, 1.165) is 6.42 Å². The maximum Gasteiger partial charge on any atom is 0.330 e. The summed E-state index contributed by atoms with van der Waals surface area (Å²) < 4.78 is 27.6. The summed E-state index contributed by atoms with van der Waals surface area (Å²) >= 11 is 0. The quantitative estimate of drug-likeness (QED) is 0.330. The lowest BCUT2D eigenvalue weighted by Crippen LogP contribution is -2.55. The summed E-state index contributed by atoms with van der Waals surface area (Å²) in [6.45, 7) is 5.22.